The van der Waals surface area contributed by atoms with Crippen LogP contribution in [0.4, 0.5) is 0 Å². The third-order valence-electron chi connectivity index (χ3n) is 2.31. The van der Waals surface area contributed by atoms with E-state index in [1.54, 1.807) is 17.5 Å². The molecular formula is C12H16N2O4S. The van der Waals surface area contributed by atoms with Crippen LogP contribution in [0.5, 0.6) is 0 Å². The van der Waals surface area contributed by atoms with Gasteiger partial charge in [0, 0.05) is 13.0 Å². The third-order valence-corrected chi connectivity index (χ3v) is 3.18. The van der Waals surface area contributed by atoms with Crippen molar-refractivity contribution >= 4 is 29.1 Å². The molecule has 1 unspecified atom stereocenters. The van der Waals surface area contributed by atoms with Gasteiger partial charge in [0.2, 0.25) is 5.91 Å². The number of carbonyl (C=O) groups is 3. The molecule has 1 rings (SSSR count). The Morgan fingerprint density at radius 2 is 2.16 bits per heavy atom. The van der Waals surface area contributed by atoms with Crippen molar-refractivity contribution in [1.82, 2.24) is 10.6 Å². The van der Waals surface area contributed by atoms with Crippen LogP contribution in [0.15, 0.2) is 17.5 Å². The van der Waals surface area contributed by atoms with Gasteiger partial charge in [-0.15, -0.1) is 11.3 Å². The summed E-state index contributed by atoms with van der Waals surface area (Å²) in [5, 5.41) is 6.91. The number of carbonyl (C=O) groups excluding carboxylic acids is 3. The average molecular weight is 284 g/mol. The minimum Gasteiger partial charge on any atom is -0.467 e. The number of nitrogens with one attached hydrogen (secondary N) is 2. The lowest BCUT2D eigenvalue weighted by Gasteiger charge is -2.11. The number of amides is 2. The standard InChI is InChI=1S/C12H16N2O4S/c1-8(12(17)18-2)14-10(15)5-6-13-11(16)9-4-3-7-19-9/h3-4,7-8H,5-6H2,1-2H3,(H,13,16)(H,14,15). The van der Waals surface area contributed by atoms with Gasteiger partial charge in [0.05, 0.1) is 12.0 Å². The molecule has 0 aliphatic heterocycles. The largest absolute Gasteiger partial charge is 0.467 e. The van der Waals surface area contributed by atoms with Crippen molar-refractivity contribution in [2.45, 2.75) is 19.4 Å². The van der Waals surface area contributed by atoms with Gasteiger partial charge in [0.25, 0.3) is 5.91 Å². The van der Waals surface area contributed by atoms with Gasteiger partial charge < -0.3 is 15.4 Å². The molecule has 0 saturated heterocycles. The van der Waals surface area contributed by atoms with Crippen LogP contribution in [0.25, 0.3) is 0 Å². The maximum atomic E-state index is 11.6. The summed E-state index contributed by atoms with van der Waals surface area (Å²) in [6.07, 6.45) is 0.110. The van der Waals surface area contributed by atoms with E-state index in [2.05, 4.69) is 15.4 Å². The SMILES string of the molecule is COC(=O)C(C)NC(=O)CCNC(=O)c1cccs1. The minimum atomic E-state index is -0.689. The van der Waals surface area contributed by atoms with Gasteiger partial charge in [-0.1, -0.05) is 6.07 Å². The quantitative estimate of drug-likeness (QED) is 0.747. The number of thiophene rings is 1. The molecule has 19 heavy (non-hydrogen) atoms. The zero-order valence-electron chi connectivity index (χ0n) is 10.8. The molecule has 1 aromatic rings. The van der Waals surface area contributed by atoms with Crippen LogP contribution in [-0.4, -0.2) is 37.5 Å². The molecule has 6 nitrogen and oxygen atoms in total. The predicted octanol–water partition coefficient (Wildman–Crippen LogP) is 0.546. The van der Waals surface area contributed by atoms with Gasteiger partial charge in [0.15, 0.2) is 0 Å². The first-order valence-corrected chi connectivity index (χ1v) is 6.61. The molecule has 7 heteroatoms. The molecular weight excluding hydrogens is 268 g/mol. The molecule has 0 aliphatic rings. The van der Waals surface area contributed by atoms with Gasteiger partial charge in [-0.05, 0) is 18.4 Å². The molecule has 1 aromatic heterocycles. The lowest BCUT2D eigenvalue weighted by molar-refractivity contribution is -0.144. The number of esters is 1. The van der Waals surface area contributed by atoms with Crippen LogP contribution in [0, 0.1) is 0 Å². The lowest BCUT2D eigenvalue weighted by Crippen LogP contribution is -2.40. The highest BCUT2D eigenvalue weighted by Gasteiger charge is 2.15. The Kier molecular flexibility index (Phi) is 6.01. The van der Waals surface area contributed by atoms with Gasteiger partial charge >= 0.3 is 5.97 Å². The molecule has 0 radical (unpaired) electrons. The molecule has 2 N–H and O–H groups in total. The van der Waals surface area contributed by atoms with Crippen molar-refractivity contribution in [2.24, 2.45) is 0 Å². The van der Waals surface area contributed by atoms with E-state index < -0.39 is 12.0 Å². The summed E-state index contributed by atoms with van der Waals surface area (Å²) in [6, 6.07) is 2.80. The Morgan fingerprint density at radius 3 is 2.74 bits per heavy atom. The van der Waals surface area contributed by atoms with E-state index in [9.17, 15) is 14.4 Å². The molecule has 0 fully saturated rings. The smallest absolute Gasteiger partial charge is 0.328 e. The van der Waals surface area contributed by atoms with Gasteiger partial charge in [-0.2, -0.15) is 0 Å². The predicted molar refractivity (Wildman–Crippen MR) is 70.9 cm³/mol. The fraction of sp³-hybridized carbons (Fsp3) is 0.417. The molecule has 1 atom stereocenters. The minimum absolute atomic E-state index is 0.110. The third kappa shape index (κ3) is 5.09. The Labute approximate surface area is 115 Å². The van der Waals surface area contributed by atoms with Crippen molar-refractivity contribution in [3.05, 3.63) is 22.4 Å². The first kappa shape index (κ1) is 15.2. The van der Waals surface area contributed by atoms with E-state index in [1.165, 1.54) is 25.4 Å². The maximum absolute atomic E-state index is 11.6. The van der Waals surface area contributed by atoms with Gasteiger partial charge in [-0.25, -0.2) is 4.79 Å². The zero-order valence-corrected chi connectivity index (χ0v) is 11.6. The highest BCUT2D eigenvalue weighted by molar-refractivity contribution is 7.12. The van der Waals surface area contributed by atoms with Crippen molar-refractivity contribution in [2.75, 3.05) is 13.7 Å². The van der Waals surface area contributed by atoms with Crippen LogP contribution in [0.3, 0.4) is 0 Å². The highest BCUT2D eigenvalue weighted by atomic mass is 32.1. The molecule has 1 heterocycles. The molecule has 0 bridgehead atoms. The summed E-state index contributed by atoms with van der Waals surface area (Å²) in [4.78, 5) is 34.7. The van der Waals surface area contributed by atoms with Crippen molar-refractivity contribution < 1.29 is 19.1 Å². The summed E-state index contributed by atoms with van der Waals surface area (Å²) >= 11 is 1.33. The molecule has 2 amide bonds. The number of methoxy groups -OCH3 is 1. The summed E-state index contributed by atoms with van der Waals surface area (Å²) in [5.74, 6) is -1.02. The van der Waals surface area contributed by atoms with Crippen LogP contribution in [0.1, 0.15) is 23.0 Å². The van der Waals surface area contributed by atoms with E-state index >= 15 is 0 Å². The second kappa shape index (κ2) is 7.52. The van der Waals surface area contributed by atoms with E-state index in [1.807, 2.05) is 0 Å². The molecule has 0 aliphatic carbocycles. The Morgan fingerprint density at radius 1 is 1.42 bits per heavy atom. The second-order valence-corrected chi connectivity index (χ2v) is 4.74. The summed E-state index contributed by atoms with van der Waals surface area (Å²) in [7, 11) is 1.26. The molecule has 0 saturated carbocycles. The van der Waals surface area contributed by atoms with E-state index in [-0.39, 0.29) is 24.8 Å². The maximum Gasteiger partial charge on any atom is 0.328 e. The van der Waals surface area contributed by atoms with Crippen molar-refractivity contribution in [1.29, 1.82) is 0 Å². The summed E-state index contributed by atoms with van der Waals surface area (Å²) in [5.41, 5.74) is 0. The monoisotopic (exact) mass is 284 g/mol. The first-order chi connectivity index (χ1) is 9.04. The second-order valence-electron chi connectivity index (χ2n) is 3.80. The van der Waals surface area contributed by atoms with E-state index in [0.29, 0.717) is 4.88 Å². The van der Waals surface area contributed by atoms with Crippen LogP contribution < -0.4 is 10.6 Å². The van der Waals surface area contributed by atoms with E-state index in [4.69, 9.17) is 0 Å². The van der Waals surface area contributed by atoms with Gasteiger partial charge in [-0.3, -0.25) is 9.59 Å². The number of ether oxygens (including phenoxy) is 1. The van der Waals surface area contributed by atoms with Crippen LogP contribution in [0.2, 0.25) is 0 Å². The van der Waals surface area contributed by atoms with Crippen molar-refractivity contribution in [3.63, 3.8) is 0 Å². The van der Waals surface area contributed by atoms with E-state index in [0.717, 1.165) is 0 Å². The molecule has 104 valence electrons. The summed E-state index contributed by atoms with van der Waals surface area (Å²) in [6.45, 7) is 1.75. The molecule has 0 spiro atoms. The average Bonchev–Trinajstić information content (AvgIpc) is 2.91. The van der Waals surface area contributed by atoms with Crippen LogP contribution >= 0.6 is 11.3 Å². The topological polar surface area (TPSA) is 84.5 Å². The number of hydrogen-bond donors (Lipinski definition) is 2. The number of rotatable bonds is 6. The van der Waals surface area contributed by atoms with Crippen molar-refractivity contribution in [3.8, 4) is 0 Å². The lowest BCUT2D eigenvalue weighted by atomic mass is 10.3. The van der Waals surface area contributed by atoms with Gasteiger partial charge in [0.1, 0.15) is 6.04 Å². The molecule has 0 aromatic carbocycles. The zero-order chi connectivity index (χ0) is 14.3. The Bertz CT molecular complexity index is 445. The Balaban J connectivity index is 2.24. The highest BCUT2D eigenvalue weighted by Crippen LogP contribution is 2.07. The summed E-state index contributed by atoms with van der Waals surface area (Å²) < 4.78 is 4.48. The fourth-order valence-corrected chi connectivity index (χ4v) is 1.97. The number of hydrogen-bond acceptors (Lipinski definition) is 5. The van der Waals surface area contributed by atoms with Crippen LogP contribution in [-0.2, 0) is 14.3 Å². The normalized spacial score (nSPS) is 11.5. The fourth-order valence-electron chi connectivity index (χ4n) is 1.33. The Hall–Kier alpha value is -1.89. The first-order valence-electron chi connectivity index (χ1n) is 5.73.